The van der Waals surface area contributed by atoms with Gasteiger partial charge in [0, 0.05) is 11.3 Å². The van der Waals surface area contributed by atoms with E-state index in [1.54, 1.807) is 36.4 Å². The Kier molecular flexibility index (Phi) is 8.04. The van der Waals surface area contributed by atoms with Crippen molar-refractivity contribution in [3.05, 3.63) is 96.3 Å². The van der Waals surface area contributed by atoms with Crippen molar-refractivity contribution < 1.29 is 13.9 Å². The quantitative estimate of drug-likeness (QED) is 0.188. The second-order valence-corrected chi connectivity index (χ2v) is 9.08. The van der Waals surface area contributed by atoms with Crippen molar-refractivity contribution in [2.45, 2.75) is 20.5 Å². The Hall–Kier alpha value is -2.70. The van der Waals surface area contributed by atoms with E-state index in [9.17, 15) is 14.4 Å². The lowest BCUT2D eigenvalue weighted by Crippen LogP contribution is -2.14. The Bertz CT molecular complexity index is 1230. The van der Waals surface area contributed by atoms with Gasteiger partial charge in [-0.1, -0.05) is 30.3 Å². The van der Waals surface area contributed by atoms with Gasteiger partial charge >= 0.3 is 0 Å². The van der Waals surface area contributed by atoms with E-state index < -0.39 is 5.91 Å². The topological polar surface area (TPSA) is 62.1 Å². The maximum absolute atomic E-state index is 13.8. The van der Waals surface area contributed by atoms with Gasteiger partial charge in [-0.15, -0.1) is 0 Å². The standard InChI is InChI=1S/C25H19BrFIN2O2/c1-15-6-5-9-23(16(15)2)30-25(31)19(13-29)10-17-11-20(26)24(22(28)12-17)32-14-18-7-3-4-8-21(18)27/h3-12H,14H2,1-2H3,(H,30,31)/b19-10+. The average Bonchev–Trinajstić information content (AvgIpc) is 2.75. The molecule has 0 radical (unpaired) electrons. The van der Waals surface area contributed by atoms with Crippen LogP contribution in [0.25, 0.3) is 6.08 Å². The molecule has 0 aliphatic rings. The second-order valence-electron chi connectivity index (χ2n) is 7.07. The van der Waals surface area contributed by atoms with Crippen LogP contribution >= 0.6 is 38.5 Å². The first kappa shape index (κ1) is 24.0. The number of ether oxygens (including phenoxy) is 1. The lowest BCUT2D eigenvalue weighted by Gasteiger charge is -2.12. The first-order valence-electron chi connectivity index (χ1n) is 9.64. The lowest BCUT2D eigenvalue weighted by atomic mass is 10.1. The number of benzene rings is 3. The fourth-order valence-electron chi connectivity index (χ4n) is 2.96. The lowest BCUT2D eigenvalue weighted by molar-refractivity contribution is -0.112. The molecule has 0 saturated heterocycles. The van der Waals surface area contributed by atoms with Gasteiger partial charge in [0.25, 0.3) is 5.91 Å². The summed E-state index contributed by atoms with van der Waals surface area (Å²) in [5, 5.41) is 12.3. The zero-order valence-electron chi connectivity index (χ0n) is 17.4. The molecule has 3 rings (SSSR count). The van der Waals surface area contributed by atoms with Crippen LogP contribution < -0.4 is 10.1 Å². The Labute approximate surface area is 208 Å². The molecule has 0 saturated carbocycles. The van der Waals surface area contributed by atoms with Crippen LogP contribution in [-0.4, -0.2) is 5.91 Å². The van der Waals surface area contributed by atoms with Crippen molar-refractivity contribution in [1.29, 1.82) is 5.26 Å². The van der Waals surface area contributed by atoms with Crippen LogP contribution in [0.3, 0.4) is 0 Å². The summed E-state index contributed by atoms with van der Waals surface area (Å²) in [5.74, 6) is -0.247. The number of aryl methyl sites for hydroxylation is 1. The summed E-state index contributed by atoms with van der Waals surface area (Å²) in [5.41, 5.74) is 3.76. The molecular weight excluding hydrogens is 586 g/mol. The molecule has 0 aromatic heterocycles. The van der Waals surface area contributed by atoms with Crippen LogP contribution in [0.5, 0.6) is 5.75 Å². The molecule has 0 heterocycles. The van der Waals surface area contributed by atoms with E-state index in [-0.39, 0.29) is 18.0 Å². The van der Waals surface area contributed by atoms with Gasteiger partial charge in [0.05, 0.1) is 8.04 Å². The minimum atomic E-state index is -0.479. The Morgan fingerprint density at radius 2 is 1.97 bits per heavy atom. The number of halogens is 3. The van der Waals surface area contributed by atoms with Gasteiger partial charge in [0.15, 0.2) is 0 Å². The van der Waals surface area contributed by atoms with E-state index in [0.29, 0.717) is 27.0 Å². The van der Waals surface area contributed by atoms with Gasteiger partial charge < -0.3 is 10.1 Å². The highest BCUT2D eigenvalue weighted by atomic mass is 127. The molecule has 1 amide bonds. The van der Waals surface area contributed by atoms with Crippen molar-refractivity contribution in [1.82, 2.24) is 0 Å². The molecule has 0 bridgehead atoms. The maximum atomic E-state index is 13.8. The molecule has 162 valence electrons. The number of amides is 1. The normalized spacial score (nSPS) is 11.1. The number of hydrogen-bond donors (Lipinski definition) is 1. The van der Waals surface area contributed by atoms with E-state index in [4.69, 9.17) is 4.74 Å². The van der Waals surface area contributed by atoms with E-state index in [2.05, 4.69) is 43.8 Å². The van der Waals surface area contributed by atoms with E-state index >= 15 is 0 Å². The number of nitrogens with one attached hydrogen (secondary N) is 1. The summed E-state index contributed by atoms with van der Waals surface area (Å²) in [6.45, 7) is 3.96. The number of rotatable bonds is 6. The number of nitriles is 1. The highest BCUT2D eigenvalue weighted by molar-refractivity contribution is 14.1. The Morgan fingerprint density at radius 1 is 1.22 bits per heavy atom. The summed E-state index contributed by atoms with van der Waals surface area (Å²) in [7, 11) is 0. The van der Waals surface area contributed by atoms with Crippen LogP contribution in [-0.2, 0) is 11.4 Å². The molecule has 7 heteroatoms. The fourth-order valence-corrected chi connectivity index (χ4v) is 4.73. The molecule has 3 aromatic carbocycles. The van der Waals surface area contributed by atoms with Crippen molar-refractivity contribution in [3.8, 4) is 11.8 Å². The van der Waals surface area contributed by atoms with Gasteiger partial charge in [0.2, 0.25) is 0 Å². The first-order chi connectivity index (χ1) is 15.3. The summed E-state index contributed by atoms with van der Waals surface area (Å²) >= 11 is 5.58. The number of hydrogen-bond acceptors (Lipinski definition) is 3. The monoisotopic (exact) mass is 604 g/mol. The minimum Gasteiger partial charge on any atom is -0.486 e. The van der Waals surface area contributed by atoms with Crippen LogP contribution in [0.4, 0.5) is 10.1 Å². The van der Waals surface area contributed by atoms with Crippen molar-refractivity contribution in [2.75, 3.05) is 5.32 Å². The zero-order chi connectivity index (χ0) is 23.3. The summed E-state index contributed by atoms with van der Waals surface area (Å²) in [6, 6.07) is 17.6. The van der Waals surface area contributed by atoms with Crippen LogP contribution in [0.15, 0.2) is 64.6 Å². The van der Waals surface area contributed by atoms with Crippen LogP contribution in [0.1, 0.15) is 22.3 Å². The van der Waals surface area contributed by atoms with Crippen LogP contribution in [0.2, 0.25) is 0 Å². The van der Waals surface area contributed by atoms with Crippen LogP contribution in [0, 0.1) is 34.6 Å². The largest absolute Gasteiger partial charge is 0.486 e. The Balaban J connectivity index is 1.80. The third kappa shape index (κ3) is 5.75. The summed E-state index contributed by atoms with van der Waals surface area (Å²) in [6.07, 6.45) is 1.52. The van der Waals surface area contributed by atoms with Gasteiger partial charge in [-0.25, -0.2) is 4.39 Å². The molecule has 32 heavy (non-hydrogen) atoms. The first-order valence-corrected chi connectivity index (χ1v) is 11.5. The van der Waals surface area contributed by atoms with E-state index in [1.807, 2.05) is 32.0 Å². The number of carbonyl (C=O) groups excluding carboxylic acids is 1. The molecule has 0 spiro atoms. The molecular formula is C25H19BrFIN2O2. The van der Waals surface area contributed by atoms with Crippen molar-refractivity contribution in [3.63, 3.8) is 0 Å². The third-order valence-electron chi connectivity index (χ3n) is 4.88. The summed E-state index contributed by atoms with van der Waals surface area (Å²) in [4.78, 5) is 12.7. The Morgan fingerprint density at radius 3 is 2.66 bits per heavy atom. The van der Waals surface area contributed by atoms with Crippen molar-refractivity contribution >= 4 is 56.2 Å². The van der Waals surface area contributed by atoms with Gasteiger partial charge in [-0.3, -0.25) is 4.79 Å². The van der Waals surface area contributed by atoms with Crippen molar-refractivity contribution in [2.24, 2.45) is 0 Å². The minimum absolute atomic E-state index is 0.0198. The molecule has 0 aliphatic carbocycles. The third-order valence-corrected chi connectivity index (χ3v) is 6.27. The number of anilines is 1. The van der Waals surface area contributed by atoms with E-state index in [0.717, 1.165) is 14.7 Å². The van der Waals surface area contributed by atoms with Gasteiger partial charge in [0.1, 0.15) is 29.8 Å². The highest BCUT2D eigenvalue weighted by Crippen LogP contribution is 2.33. The van der Waals surface area contributed by atoms with E-state index in [1.165, 1.54) is 12.1 Å². The molecule has 0 unspecified atom stereocenters. The highest BCUT2D eigenvalue weighted by Gasteiger charge is 2.14. The molecule has 1 N–H and O–H groups in total. The maximum Gasteiger partial charge on any atom is 0.266 e. The molecule has 4 nitrogen and oxygen atoms in total. The van der Waals surface area contributed by atoms with Gasteiger partial charge in [-0.2, -0.15) is 5.26 Å². The zero-order valence-corrected chi connectivity index (χ0v) is 21.1. The average molecular weight is 605 g/mol. The molecule has 0 fully saturated rings. The molecule has 0 aliphatic heterocycles. The predicted molar refractivity (Wildman–Crippen MR) is 136 cm³/mol. The molecule has 0 atom stereocenters. The van der Waals surface area contributed by atoms with Gasteiger partial charge in [-0.05, 0) is 99.4 Å². The smallest absolute Gasteiger partial charge is 0.266 e. The second kappa shape index (κ2) is 10.7. The summed E-state index contributed by atoms with van der Waals surface area (Å²) < 4.78 is 21.1. The number of carbonyl (C=O) groups is 1. The fraction of sp³-hybridized carbons (Fsp3) is 0.120. The number of nitrogens with zero attached hydrogens (tertiary/aromatic N) is 1. The molecule has 3 aromatic rings. The predicted octanol–water partition coefficient (Wildman–Crippen LogP) is 6.93. The SMILES string of the molecule is Cc1cccc(NC(=O)/C(C#N)=C/c2cc(Br)c(OCc3ccccc3F)c(I)c2)c1C.